The van der Waals surface area contributed by atoms with E-state index in [0.717, 1.165) is 25.5 Å². The number of nitrogens with one attached hydrogen (secondary N) is 1. The molecule has 0 spiro atoms. The lowest BCUT2D eigenvalue weighted by molar-refractivity contribution is 0.0768. The molecule has 1 unspecified atom stereocenters. The Labute approximate surface area is 99.6 Å². The molecule has 3 heteroatoms. The molecule has 16 heavy (non-hydrogen) atoms. The summed E-state index contributed by atoms with van der Waals surface area (Å²) in [5.41, 5.74) is 0. The van der Waals surface area contributed by atoms with Crippen LogP contribution in [0.25, 0.3) is 0 Å². The lowest BCUT2D eigenvalue weighted by atomic mass is 10.0. The molecule has 1 aliphatic carbocycles. The Hall–Kier alpha value is -0.120. The molecule has 0 radical (unpaired) electrons. The first-order chi connectivity index (χ1) is 7.68. The first kappa shape index (κ1) is 13.9. The predicted octanol–water partition coefficient (Wildman–Crippen LogP) is 1.94. The van der Waals surface area contributed by atoms with Crippen LogP contribution in [0, 0.1) is 5.92 Å². The molecule has 1 rings (SSSR count). The molecule has 0 heterocycles. The van der Waals surface area contributed by atoms with Crippen LogP contribution in [0.1, 0.15) is 46.0 Å². The smallest absolute Gasteiger partial charge is 0.0667 e. The number of aliphatic hydroxyl groups excluding tert-OH is 1. The van der Waals surface area contributed by atoms with Crippen molar-refractivity contribution in [2.45, 2.75) is 58.2 Å². The molecule has 1 atom stereocenters. The van der Waals surface area contributed by atoms with Crippen LogP contribution in [0.15, 0.2) is 0 Å². The summed E-state index contributed by atoms with van der Waals surface area (Å²) in [6.45, 7) is 6.34. The number of hydrogen-bond donors (Lipinski definition) is 2. The lowest BCUT2D eigenvalue weighted by Gasteiger charge is -2.16. The first-order valence-corrected chi connectivity index (χ1v) is 6.69. The Balaban J connectivity index is 1.91. The summed E-state index contributed by atoms with van der Waals surface area (Å²) in [7, 11) is 0. The second kappa shape index (κ2) is 8.04. The van der Waals surface area contributed by atoms with Gasteiger partial charge in [0.2, 0.25) is 0 Å². The van der Waals surface area contributed by atoms with Gasteiger partial charge in [-0.2, -0.15) is 0 Å². The molecular weight excluding hydrogens is 202 g/mol. The van der Waals surface area contributed by atoms with E-state index in [0.29, 0.717) is 12.6 Å². The van der Waals surface area contributed by atoms with Crippen molar-refractivity contribution >= 4 is 0 Å². The number of aliphatic hydroxyl groups is 1. The molecule has 0 aromatic carbocycles. The minimum Gasteiger partial charge on any atom is -0.392 e. The van der Waals surface area contributed by atoms with E-state index >= 15 is 0 Å². The summed E-state index contributed by atoms with van der Waals surface area (Å²) >= 11 is 0. The summed E-state index contributed by atoms with van der Waals surface area (Å²) in [4.78, 5) is 0. The van der Waals surface area contributed by atoms with E-state index < -0.39 is 0 Å². The highest BCUT2D eigenvalue weighted by Gasteiger charge is 2.18. The zero-order chi connectivity index (χ0) is 11.8. The minimum absolute atomic E-state index is 0.179. The van der Waals surface area contributed by atoms with Crippen LogP contribution in [-0.2, 0) is 4.74 Å². The van der Waals surface area contributed by atoms with Crippen molar-refractivity contribution in [3.8, 4) is 0 Å². The third-order valence-corrected chi connectivity index (χ3v) is 3.19. The Morgan fingerprint density at radius 2 is 2.00 bits per heavy atom. The fraction of sp³-hybridized carbons (Fsp3) is 1.00. The van der Waals surface area contributed by atoms with Crippen LogP contribution >= 0.6 is 0 Å². The van der Waals surface area contributed by atoms with Gasteiger partial charge in [0.25, 0.3) is 0 Å². The maximum Gasteiger partial charge on any atom is 0.0667 e. The van der Waals surface area contributed by atoms with Gasteiger partial charge in [-0.05, 0) is 26.2 Å². The van der Waals surface area contributed by atoms with Crippen molar-refractivity contribution in [2.75, 3.05) is 19.7 Å². The monoisotopic (exact) mass is 229 g/mol. The van der Waals surface area contributed by atoms with Gasteiger partial charge in [0.1, 0.15) is 0 Å². The van der Waals surface area contributed by atoms with Crippen LogP contribution in [0.5, 0.6) is 0 Å². The average molecular weight is 229 g/mol. The van der Waals surface area contributed by atoms with E-state index in [-0.39, 0.29) is 6.10 Å². The largest absolute Gasteiger partial charge is 0.392 e. The third kappa shape index (κ3) is 6.46. The van der Waals surface area contributed by atoms with E-state index in [4.69, 9.17) is 4.74 Å². The highest BCUT2D eigenvalue weighted by atomic mass is 16.5. The van der Waals surface area contributed by atoms with Gasteiger partial charge in [-0.1, -0.05) is 25.7 Å². The molecule has 1 aliphatic rings. The van der Waals surface area contributed by atoms with Crippen molar-refractivity contribution in [1.29, 1.82) is 0 Å². The number of ether oxygens (including phenoxy) is 1. The zero-order valence-corrected chi connectivity index (χ0v) is 10.7. The van der Waals surface area contributed by atoms with Gasteiger partial charge < -0.3 is 15.2 Å². The lowest BCUT2D eigenvalue weighted by Crippen LogP contribution is -2.31. The molecule has 0 aliphatic heterocycles. The normalized spacial score (nSPS) is 19.5. The molecule has 0 amide bonds. The van der Waals surface area contributed by atoms with E-state index in [9.17, 15) is 5.11 Å². The van der Waals surface area contributed by atoms with E-state index in [1.54, 1.807) is 0 Å². The van der Waals surface area contributed by atoms with Gasteiger partial charge >= 0.3 is 0 Å². The van der Waals surface area contributed by atoms with Gasteiger partial charge in [0, 0.05) is 13.1 Å². The molecule has 1 saturated carbocycles. The second-order valence-electron chi connectivity index (χ2n) is 5.16. The Morgan fingerprint density at radius 1 is 1.31 bits per heavy atom. The molecule has 0 saturated heterocycles. The van der Waals surface area contributed by atoms with Crippen LogP contribution in [0.4, 0.5) is 0 Å². The molecule has 0 aromatic rings. The summed E-state index contributed by atoms with van der Waals surface area (Å²) in [6.07, 6.45) is 6.42. The minimum atomic E-state index is -0.179. The maximum atomic E-state index is 9.81. The van der Waals surface area contributed by atoms with Crippen LogP contribution in [0.2, 0.25) is 0 Å². The van der Waals surface area contributed by atoms with Crippen molar-refractivity contribution in [2.24, 2.45) is 5.92 Å². The van der Waals surface area contributed by atoms with E-state index in [2.05, 4.69) is 5.32 Å². The standard InChI is InChI=1S/C13H27NO2/c1-11(2)16-8-7-14-10-13(15)9-12-5-3-4-6-12/h11-15H,3-10H2,1-2H3. The topological polar surface area (TPSA) is 41.5 Å². The number of rotatable bonds is 8. The zero-order valence-electron chi connectivity index (χ0n) is 10.7. The van der Waals surface area contributed by atoms with Crippen molar-refractivity contribution in [3.05, 3.63) is 0 Å². The Morgan fingerprint density at radius 3 is 2.62 bits per heavy atom. The molecule has 96 valence electrons. The van der Waals surface area contributed by atoms with E-state index in [1.807, 2.05) is 13.8 Å². The Bertz CT molecular complexity index is 167. The van der Waals surface area contributed by atoms with Crippen LogP contribution in [-0.4, -0.2) is 37.0 Å². The molecule has 0 bridgehead atoms. The molecule has 3 nitrogen and oxygen atoms in total. The molecule has 2 N–H and O–H groups in total. The summed E-state index contributed by atoms with van der Waals surface area (Å²) in [6, 6.07) is 0. The van der Waals surface area contributed by atoms with Crippen LogP contribution < -0.4 is 5.32 Å². The Kier molecular flexibility index (Phi) is 7.01. The van der Waals surface area contributed by atoms with Crippen molar-refractivity contribution < 1.29 is 9.84 Å². The third-order valence-electron chi connectivity index (χ3n) is 3.19. The van der Waals surface area contributed by atoms with Gasteiger partial charge in [-0.15, -0.1) is 0 Å². The van der Waals surface area contributed by atoms with Crippen LogP contribution in [0.3, 0.4) is 0 Å². The quantitative estimate of drug-likeness (QED) is 0.625. The second-order valence-corrected chi connectivity index (χ2v) is 5.16. The highest BCUT2D eigenvalue weighted by Crippen LogP contribution is 2.28. The fourth-order valence-electron chi connectivity index (χ4n) is 2.35. The van der Waals surface area contributed by atoms with Gasteiger partial charge in [0.05, 0.1) is 18.8 Å². The molecular formula is C13H27NO2. The average Bonchev–Trinajstić information content (AvgIpc) is 2.69. The highest BCUT2D eigenvalue weighted by molar-refractivity contribution is 4.72. The molecule has 0 aromatic heterocycles. The fourth-order valence-corrected chi connectivity index (χ4v) is 2.35. The predicted molar refractivity (Wildman–Crippen MR) is 66.5 cm³/mol. The summed E-state index contributed by atoms with van der Waals surface area (Å²) in [5, 5.41) is 13.1. The SMILES string of the molecule is CC(C)OCCNCC(O)CC1CCCC1. The first-order valence-electron chi connectivity index (χ1n) is 6.69. The maximum absolute atomic E-state index is 9.81. The molecule has 1 fully saturated rings. The van der Waals surface area contributed by atoms with Gasteiger partial charge in [-0.25, -0.2) is 0 Å². The van der Waals surface area contributed by atoms with Gasteiger partial charge in [0.15, 0.2) is 0 Å². The van der Waals surface area contributed by atoms with Crippen molar-refractivity contribution in [1.82, 2.24) is 5.32 Å². The number of hydrogen-bond acceptors (Lipinski definition) is 3. The van der Waals surface area contributed by atoms with E-state index in [1.165, 1.54) is 25.7 Å². The summed E-state index contributed by atoms with van der Waals surface area (Å²) < 4.78 is 5.41. The summed E-state index contributed by atoms with van der Waals surface area (Å²) in [5.74, 6) is 0.767. The van der Waals surface area contributed by atoms with Gasteiger partial charge in [-0.3, -0.25) is 0 Å². The van der Waals surface area contributed by atoms with Crippen molar-refractivity contribution in [3.63, 3.8) is 0 Å².